The molecule has 0 fully saturated rings. The van der Waals surface area contributed by atoms with Crippen LogP contribution in [0, 0.1) is 0 Å². The Morgan fingerprint density at radius 2 is 2.00 bits per heavy atom. The molecular weight excluding hydrogens is 310 g/mol. The highest BCUT2D eigenvalue weighted by Crippen LogP contribution is 2.27. The lowest BCUT2D eigenvalue weighted by Crippen LogP contribution is -1.99. The van der Waals surface area contributed by atoms with E-state index in [0.29, 0.717) is 12.4 Å². The van der Waals surface area contributed by atoms with Crippen molar-refractivity contribution in [3.63, 3.8) is 0 Å². The molecule has 5 heteroatoms. The molecule has 0 saturated carbocycles. The molecule has 0 atom stereocenters. The molecule has 0 amide bonds. The van der Waals surface area contributed by atoms with Gasteiger partial charge in [-0.1, -0.05) is 30.3 Å². The highest BCUT2D eigenvalue weighted by atomic mass is 32.1. The van der Waals surface area contributed by atoms with Crippen LogP contribution in [0.3, 0.4) is 0 Å². The predicted octanol–water partition coefficient (Wildman–Crippen LogP) is 3.89. The van der Waals surface area contributed by atoms with Gasteiger partial charge in [0.2, 0.25) is 0 Å². The van der Waals surface area contributed by atoms with E-state index < -0.39 is 0 Å². The second kappa shape index (κ2) is 7.26. The smallest absolute Gasteiger partial charge is 0.131 e. The summed E-state index contributed by atoms with van der Waals surface area (Å²) in [7, 11) is 1.65. The first-order valence-corrected chi connectivity index (χ1v) is 8.08. The minimum atomic E-state index is -0.0394. The van der Waals surface area contributed by atoms with Crippen molar-refractivity contribution in [3.8, 4) is 22.1 Å². The molecule has 2 aromatic carbocycles. The Labute approximate surface area is 139 Å². The van der Waals surface area contributed by atoms with Crippen molar-refractivity contribution in [1.29, 1.82) is 0 Å². The molecule has 0 aliphatic rings. The zero-order chi connectivity index (χ0) is 16.1. The van der Waals surface area contributed by atoms with E-state index in [-0.39, 0.29) is 6.61 Å². The highest BCUT2D eigenvalue weighted by Gasteiger charge is 2.08. The van der Waals surface area contributed by atoms with Crippen LogP contribution in [-0.2, 0) is 13.2 Å². The van der Waals surface area contributed by atoms with Gasteiger partial charge in [0, 0.05) is 16.5 Å². The molecule has 118 valence electrons. The Balaban J connectivity index is 1.72. The Morgan fingerprint density at radius 3 is 2.83 bits per heavy atom. The van der Waals surface area contributed by atoms with Gasteiger partial charge >= 0.3 is 0 Å². The topological polar surface area (TPSA) is 51.6 Å². The Morgan fingerprint density at radius 1 is 1.13 bits per heavy atom. The van der Waals surface area contributed by atoms with Crippen molar-refractivity contribution in [3.05, 3.63) is 65.2 Å². The van der Waals surface area contributed by atoms with Gasteiger partial charge in [0.1, 0.15) is 23.1 Å². The second-order valence-corrected chi connectivity index (χ2v) is 5.79. The van der Waals surface area contributed by atoms with Crippen LogP contribution in [-0.4, -0.2) is 17.2 Å². The molecule has 0 saturated heterocycles. The van der Waals surface area contributed by atoms with Gasteiger partial charge < -0.3 is 14.6 Å². The van der Waals surface area contributed by atoms with E-state index in [9.17, 15) is 5.11 Å². The Bertz CT molecular complexity index is 785. The standard InChI is InChI=1S/C18H17NO3S/c1-21-16-7-4-6-13(9-16)18-19-15(12-23-18)11-22-17-8-3-2-5-14(17)10-20/h2-9,12,20H,10-11H2,1H3. The molecule has 23 heavy (non-hydrogen) atoms. The van der Waals surface area contributed by atoms with Gasteiger partial charge in [0.05, 0.1) is 19.4 Å². The van der Waals surface area contributed by atoms with Crippen LogP contribution in [0.5, 0.6) is 11.5 Å². The van der Waals surface area contributed by atoms with Gasteiger partial charge in [0.25, 0.3) is 0 Å². The minimum absolute atomic E-state index is 0.0394. The van der Waals surface area contributed by atoms with Gasteiger partial charge in [-0.2, -0.15) is 0 Å². The number of hydrogen-bond acceptors (Lipinski definition) is 5. The normalized spacial score (nSPS) is 10.5. The first-order chi connectivity index (χ1) is 11.3. The van der Waals surface area contributed by atoms with Crippen molar-refractivity contribution < 1.29 is 14.6 Å². The molecule has 0 aliphatic heterocycles. The second-order valence-electron chi connectivity index (χ2n) is 4.93. The molecule has 4 nitrogen and oxygen atoms in total. The van der Waals surface area contributed by atoms with E-state index in [1.54, 1.807) is 18.4 Å². The summed E-state index contributed by atoms with van der Waals surface area (Å²) < 4.78 is 11.0. The molecule has 1 aromatic heterocycles. The molecule has 0 radical (unpaired) electrons. The number of aliphatic hydroxyl groups excluding tert-OH is 1. The van der Waals surface area contributed by atoms with Crippen LogP contribution in [0.4, 0.5) is 0 Å². The third-order valence-electron chi connectivity index (χ3n) is 3.39. The maximum Gasteiger partial charge on any atom is 0.131 e. The van der Waals surface area contributed by atoms with Gasteiger partial charge in [-0.05, 0) is 18.2 Å². The number of benzene rings is 2. The fraction of sp³-hybridized carbons (Fsp3) is 0.167. The number of aromatic nitrogens is 1. The van der Waals surface area contributed by atoms with Crippen molar-refractivity contribution in [1.82, 2.24) is 4.98 Å². The summed E-state index contributed by atoms with van der Waals surface area (Å²) in [6.45, 7) is 0.333. The maximum absolute atomic E-state index is 9.31. The Kier molecular flexibility index (Phi) is 4.90. The first-order valence-electron chi connectivity index (χ1n) is 7.20. The fourth-order valence-electron chi connectivity index (χ4n) is 2.19. The molecule has 0 aliphatic carbocycles. The van der Waals surface area contributed by atoms with Crippen LogP contribution >= 0.6 is 11.3 Å². The molecule has 0 unspecified atom stereocenters. The van der Waals surface area contributed by atoms with Gasteiger partial charge in [0.15, 0.2) is 0 Å². The van der Waals surface area contributed by atoms with E-state index in [2.05, 4.69) is 4.98 Å². The number of rotatable bonds is 6. The van der Waals surface area contributed by atoms with Crippen LogP contribution in [0.2, 0.25) is 0 Å². The third-order valence-corrected chi connectivity index (χ3v) is 4.33. The number of hydrogen-bond donors (Lipinski definition) is 1. The summed E-state index contributed by atoms with van der Waals surface area (Å²) >= 11 is 1.57. The lowest BCUT2D eigenvalue weighted by atomic mass is 10.2. The number of nitrogens with zero attached hydrogens (tertiary/aromatic N) is 1. The Hall–Kier alpha value is -2.37. The monoisotopic (exact) mass is 327 g/mol. The predicted molar refractivity (Wildman–Crippen MR) is 90.8 cm³/mol. The number of methoxy groups -OCH3 is 1. The van der Waals surface area contributed by atoms with E-state index in [4.69, 9.17) is 9.47 Å². The average Bonchev–Trinajstić information content (AvgIpc) is 3.09. The molecule has 0 bridgehead atoms. The number of thiazole rings is 1. The van der Waals surface area contributed by atoms with Crippen molar-refractivity contribution >= 4 is 11.3 Å². The lowest BCUT2D eigenvalue weighted by Gasteiger charge is -2.08. The molecule has 3 aromatic rings. The van der Waals surface area contributed by atoms with E-state index in [1.165, 1.54) is 0 Å². The first kappa shape index (κ1) is 15.5. The zero-order valence-corrected chi connectivity index (χ0v) is 13.5. The van der Waals surface area contributed by atoms with E-state index in [1.807, 2.05) is 53.9 Å². The van der Waals surface area contributed by atoms with Crippen LogP contribution in [0.25, 0.3) is 10.6 Å². The summed E-state index contributed by atoms with van der Waals surface area (Å²) in [5, 5.41) is 12.2. The number of aliphatic hydroxyl groups is 1. The third kappa shape index (κ3) is 3.70. The highest BCUT2D eigenvalue weighted by molar-refractivity contribution is 7.13. The molecule has 1 N–H and O–H groups in total. The average molecular weight is 327 g/mol. The largest absolute Gasteiger partial charge is 0.497 e. The molecular formula is C18H17NO3S. The SMILES string of the molecule is COc1cccc(-c2nc(COc3ccccc3CO)cs2)c1. The zero-order valence-electron chi connectivity index (χ0n) is 12.7. The van der Waals surface area contributed by atoms with Crippen LogP contribution < -0.4 is 9.47 Å². The van der Waals surface area contributed by atoms with Crippen molar-refractivity contribution in [2.75, 3.05) is 7.11 Å². The van der Waals surface area contributed by atoms with Gasteiger partial charge in [-0.25, -0.2) is 4.98 Å². The summed E-state index contributed by atoms with van der Waals surface area (Å²) in [4.78, 5) is 4.60. The van der Waals surface area contributed by atoms with Crippen LogP contribution in [0.1, 0.15) is 11.3 Å². The minimum Gasteiger partial charge on any atom is -0.497 e. The maximum atomic E-state index is 9.31. The molecule has 0 spiro atoms. The molecule has 3 rings (SSSR count). The number of para-hydroxylation sites is 1. The van der Waals surface area contributed by atoms with Gasteiger partial charge in [-0.15, -0.1) is 11.3 Å². The van der Waals surface area contributed by atoms with Crippen molar-refractivity contribution in [2.24, 2.45) is 0 Å². The van der Waals surface area contributed by atoms with E-state index in [0.717, 1.165) is 27.6 Å². The molecule has 1 heterocycles. The quantitative estimate of drug-likeness (QED) is 0.746. The van der Waals surface area contributed by atoms with Crippen LogP contribution in [0.15, 0.2) is 53.9 Å². The lowest BCUT2D eigenvalue weighted by molar-refractivity contribution is 0.258. The summed E-state index contributed by atoms with van der Waals surface area (Å²) in [5.74, 6) is 1.50. The fourth-order valence-corrected chi connectivity index (χ4v) is 2.99. The summed E-state index contributed by atoms with van der Waals surface area (Å²) in [5.41, 5.74) is 2.66. The van der Waals surface area contributed by atoms with Crippen molar-refractivity contribution in [2.45, 2.75) is 13.2 Å². The van der Waals surface area contributed by atoms with Gasteiger partial charge in [-0.3, -0.25) is 0 Å². The summed E-state index contributed by atoms with van der Waals surface area (Å²) in [6, 6.07) is 15.3. The number of ether oxygens (including phenoxy) is 2. The summed E-state index contributed by atoms with van der Waals surface area (Å²) in [6.07, 6.45) is 0. The van der Waals surface area contributed by atoms with E-state index >= 15 is 0 Å².